The normalized spacial score (nSPS) is 15.9. The van der Waals surface area contributed by atoms with Crippen LogP contribution in [0.3, 0.4) is 0 Å². The van der Waals surface area contributed by atoms with Crippen molar-refractivity contribution >= 4 is 18.0 Å². The first-order chi connectivity index (χ1) is 9.77. The predicted molar refractivity (Wildman–Crippen MR) is 75.0 cm³/mol. The van der Waals surface area contributed by atoms with E-state index >= 15 is 0 Å². The van der Waals surface area contributed by atoms with Crippen LogP contribution in [0.1, 0.15) is 31.2 Å². The zero-order chi connectivity index (χ0) is 14.2. The minimum absolute atomic E-state index is 0.504. The largest absolute Gasteiger partial charge is 0.334 e. The van der Waals surface area contributed by atoms with Crippen LogP contribution in [0, 0.1) is 0 Å². The number of pyridine rings is 1. The third-order valence-electron chi connectivity index (χ3n) is 3.15. The predicted octanol–water partition coefficient (Wildman–Crippen LogP) is 0.934. The average molecular weight is 274 g/mol. The second kappa shape index (κ2) is 7.37. The lowest BCUT2D eigenvalue weighted by atomic mass is 10.2. The number of aromatic nitrogens is 1. The van der Waals surface area contributed by atoms with Gasteiger partial charge in [-0.3, -0.25) is 14.6 Å². The molecule has 0 spiro atoms. The summed E-state index contributed by atoms with van der Waals surface area (Å²) in [4.78, 5) is 29.2. The number of carbonyl (C=O) groups excluding carboxylic acids is 2. The zero-order valence-corrected chi connectivity index (χ0v) is 11.3. The molecule has 1 aliphatic rings. The van der Waals surface area contributed by atoms with Crippen molar-refractivity contribution in [1.82, 2.24) is 15.3 Å². The quantitative estimate of drug-likeness (QED) is 0.495. The van der Waals surface area contributed by atoms with Gasteiger partial charge in [0.15, 0.2) is 0 Å². The number of rotatable bonds is 2. The van der Waals surface area contributed by atoms with Crippen LogP contribution in [0.4, 0.5) is 0 Å². The van der Waals surface area contributed by atoms with E-state index in [2.05, 4.69) is 15.5 Å². The van der Waals surface area contributed by atoms with Gasteiger partial charge < -0.3 is 4.90 Å². The first-order valence-corrected chi connectivity index (χ1v) is 6.80. The third-order valence-corrected chi connectivity index (χ3v) is 3.15. The molecule has 1 saturated heterocycles. The maximum atomic E-state index is 11.9. The van der Waals surface area contributed by atoms with E-state index in [0.29, 0.717) is 13.1 Å². The highest BCUT2D eigenvalue weighted by molar-refractivity contribution is 6.35. The number of amides is 2. The molecule has 2 rings (SSSR count). The summed E-state index contributed by atoms with van der Waals surface area (Å²) in [5.41, 5.74) is 3.02. The molecule has 1 aromatic rings. The van der Waals surface area contributed by atoms with Crippen molar-refractivity contribution in [1.29, 1.82) is 0 Å². The van der Waals surface area contributed by atoms with Crippen LogP contribution in [-0.2, 0) is 9.59 Å². The summed E-state index contributed by atoms with van der Waals surface area (Å²) in [6.07, 6.45) is 8.87. The van der Waals surface area contributed by atoms with Crippen LogP contribution < -0.4 is 5.43 Å². The van der Waals surface area contributed by atoms with Gasteiger partial charge in [0.05, 0.1) is 6.21 Å². The average Bonchev–Trinajstić information content (AvgIpc) is 2.76. The zero-order valence-electron chi connectivity index (χ0n) is 11.3. The summed E-state index contributed by atoms with van der Waals surface area (Å²) in [5.74, 6) is -1.19. The minimum atomic E-state index is -0.688. The molecular formula is C14H18N4O2. The van der Waals surface area contributed by atoms with E-state index in [9.17, 15) is 9.59 Å². The monoisotopic (exact) mass is 274 g/mol. The third kappa shape index (κ3) is 4.15. The highest BCUT2D eigenvalue weighted by atomic mass is 16.2. The summed E-state index contributed by atoms with van der Waals surface area (Å²) < 4.78 is 0. The van der Waals surface area contributed by atoms with E-state index in [1.807, 2.05) is 0 Å². The van der Waals surface area contributed by atoms with Crippen LogP contribution in [0.15, 0.2) is 29.6 Å². The molecule has 6 nitrogen and oxygen atoms in total. The number of hydrazone groups is 1. The van der Waals surface area contributed by atoms with Crippen LogP contribution in [-0.4, -0.2) is 41.0 Å². The van der Waals surface area contributed by atoms with Gasteiger partial charge in [-0.25, -0.2) is 5.43 Å². The molecular weight excluding hydrogens is 256 g/mol. The highest BCUT2D eigenvalue weighted by Gasteiger charge is 2.21. The molecule has 2 amide bonds. The van der Waals surface area contributed by atoms with E-state index in [4.69, 9.17) is 0 Å². The summed E-state index contributed by atoms with van der Waals surface area (Å²) >= 11 is 0. The van der Waals surface area contributed by atoms with Crippen LogP contribution in [0.25, 0.3) is 0 Å². The van der Waals surface area contributed by atoms with E-state index in [0.717, 1.165) is 31.2 Å². The van der Waals surface area contributed by atoms with Gasteiger partial charge in [-0.05, 0) is 18.9 Å². The van der Waals surface area contributed by atoms with E-state index in [1.54, 1.807) is 29.4 Å². The van der Waals surface area contributed by atoms with E-state index in [1.165, 1.54) is 6.21 Å². The smallest absolute Gasteiger partial charge is 0.329 e. The number of likely N-dealkylation sites (tertiary alicyclic amines) is 1. The topological polar surface area (TPSA) is 74.7 Å². The second-order valence-corrected chi connectivity index (χ2v) is 4.69. The van der Waals surface area contributed by atoms with Gasteiger partial charge in [0.2, 0.25) is 0 Å². The molecule has 2 heterocycles. The van der Waals surface area contributed by atoms with Crippen molar-refractivity contribution in [2.24, 2.45) is 5.10 Å². The van der Waals surface area contributed by atoms with Crippen molar-refractivity contribution in [2.75, 3.05) is 13.1 Å². The summed E-state index contributed by atoms with van der Waals surface area (Å²) in [6.45, 7) is 1.30. The van der Waals surface area contributed by atoms with Crippen LogP contribution >= 0.6 is 0 Å². The lowest BCUT2D eigenvalue weighted by Gasteiger charge is -2.18. The van der Waals surface area contributed by atoms with Crippen molar-refractivity contribution < 1.29 is 9.59 Å². The second-order valence-electron chi connectivity index (χ2n) is 4.69. The molecule has 0 unspecified atom stereocenters. The first kappa shape index (κ1) is 14.2. The number of carbonyl (C=O) groups is 2. The Morgan fingerprint density at radius 1 is 1.25 bits per heavy atom. The fraction of sp³-hybridized carbons (Fsp3) is 0.429. The molecule has 1 fully saturated rings. The Labute approximate surface area is 117 Å². The molecule has 1 aromatic heterocycles. The SMILES string of the molecule is O=C(NN=Cc1cccnc1)C(=O)N1CCCCCC1. The molecule has 0 aromatic carbocycles. The first-order valence-electron chi connectivity index (χ1n) is 6.80. The van der Waals surface area contributed by atoms with Gasteiger partial charge in [0.1, 0.15) is 0 Å². The Balaban J connectivity index is 1.84. The van der Waals surface area contributed by atoms with Crippen molar-refractivity contribution in [3.8, 4) is 0 Å². The molecule has 0 atom stereocenters. The van der Waals surface area contributed by atoms with E-state index < -0.39 is 11.8 Å². The summed E-state index contributed by atoms with van der Waals surface area (Å²) in [6, 6.07) is 3.57. The Bertz CT molecular complexity index is 479. The maximum absolute atomic E-state index is 11.9. The maximum Gasteiger partial charge on any atom is 0.329 e. The fourth-order valence-electron chi connectivity index (χ4n) is 2.08. The van der Waals surface area contributed by atoms with Gasteiger partial charge in [0.25, 0.3) is 0 Å². The molecule has 106 valence electrons. The lowest BCUT2D eigenvalue weighted by molar-refractivity contribution is -0.145. The standard InChI is InChI=1S/C14H18N4O2/c19-13(14(20)18-8-3-1-2-4-9-18)17-16-11-12-6-5-7-15-10-12/h5-7,10-11H,1-4,8-9H2,(H,17,19). The number of hydrogen-bond acceptors (Lipinski definition) is 4. The molecule has 0 bridgehead atoms. The van der Waals surface area contributed by atoms with E-state index in [-0.39, 0.29) is 0 Å². The Morgan fingerprint density at radius 3 is 2.65 bits per heavy atom. The number of nitrogens with one attached hydrogen (secondary N) is 1. The summed E-state index contributed by atoms with van der Waals surface area (Å²) in [5, 5.41) is 3.77. The molecule has 0 aliphatic carbocycles. The minimum Gasteiger partial charge on any atom is -0.334 e. The molecule has 6 heteroatoms. The molecule has 1 N–H and O–H groups in total. The molecule has 0 saturated carbocycles. The number of nitrogens with zero attached hydrogens (tertiary/aromatic N) is 3. The van der Waals surface area contributed by atoms with Crippen molar-refractivity contribution in [3.05, 3.63) is 30.1 Å². The van der Waals surface area contributed by atoms with Crippen LogP contribution in [0.5, 0.6) is 0 Å². The van der Waals surface area contributed by atoms with Gasteiger partial charge in [-0.15, -0.1) is 0 Å². The Morgan fingerprint density at radius 2 is 2.00 bits per heavy atom. The number of hydrogen-bond donors (Lipinski definition) is 1. The van der Waals surface area contributed by atoms with Crippen molar-refractivity contribution in [2.45, 2.75) is 25.7 Å². The van der Waals surface area contributed by atoms with Gasteiger partial charge in [-0.1, -0.05) is 18.9 Å². The summed E-state index contributed by atoms with van der Waals surface area (Å²) in [7, 11) is 0. The van der Waals surface area contributed by atoms with Crippen LogP contribution in [0.2, 0.25) is 0 Å². The lowest BCUT2D eigenvalue weighted by Crippen LogP contribution is -2.41. The Hall–Kier alpha value is -2.24. The Kier molecular flexibility index (Phi) is 5.23. The molecule has 1 aliphatic heterocycles. The van der Waals surface area contributed by atoms with Gasteiger partial charge >= 0.3 is 11.8 Å². The van der Waals surface area contributed by atoms with Crippen molar-refractivity contribution in [3.63, 3.8) is 0 Å². The molecule has 20 heavy (non-hydrogen) atoms. The fourth-order valence-corrected chi connectivity index (χ4v) is 2.08. The molecule has 0 radical (unpaired) electrons. The van der Waals surface area contributed by atoms with Gasteiger partial charge in [0, 0.05) is 31.0 Å². The highest BCUT2D eigenvalue weighted by Crippen LogP contribution is 2.09. The van der Waals surface area contributed by atoms with Gasteiger partial charge in [-0.2, -0.15) is 5.10 Å².